The normalized spacial score (nSPS) is 13.2. The zero-order valence-electron chi connectivity index (χ0n) is 15.5. The van der Waals surface area contributed by atoms with E-state index in [1.807, 2.05) is 18.2 Å². The Labute approximate surface area is 163 Å². The van der Waals surface area contributed by atoms with E-state index in [1.54, 1.807) is 31.4 Å². The van der Waals surface area contributed by atoms with Crippen molar-refractivity contribution in [1.29, 1.82) is 0 Å². The lowest BCUT2D eigenvalue weighted by Crippen LogP contribution is -2.15. The number of para-hydroxylation sites is 1. The summed E-state index contributed by atoms with van der Waals surface area (Å²) in [5, 5.41) is -0.409. The van der Waals surface area contributed by atoms with Gasteiger partial charge < -0.3 is 9.47 Å². The van der Waals surface area contributed by atoms with Crippen molar-refractivity contribution in [1.82, 2.24) is 0 Å². The first-order valence-electron chi connectivity index (χ1n) is 8.07. The van der Waals surface area contributed by atoms with Gasteiger partial charge in [0.05, 0.1) is 13.4 Å². The van der Waals surface area contributed by atoms with Crippen LogP contribution in [0.3, 0.4) is 0 Å². The summed E-state index contributed by atoms with van der Waals surface area (Å²) in [4.78, 5) is 0. The number of hydrogen-bond acceptors (Lipinski definition) is 4. The first-order valence-corrected chi connectivity index (χ1v) is 10.9. The van der Waals surface area contributed by atoms with Crippen LogP contribution in [0, 0.1) is 0 Å². The quantitative estimate of drug-likeness (QED) is 0.651. The van der Waals surface area contributed by atoms with Crippen molar-refractivity contribution in [3.8, 4) is 11.5 Å². The fraction of sp³-hybridized carbons (Fsp3) is 0.368. The molecule has 0 amide bonds. The maximum atomic E-state index is 11.3. The van der Waals surface area contributed by atoms with Gasteiger partial charge in [-0.05, 0) is 51.2 Å². The number of ether oxygens (including phenoxy) is 2. The molecule has 0 spiro atoms. The van der Waals surface area contributed by atoms with E-state index in [0.717, 1.165) is 23.1 Å². The van der Waals surface area contributed by atoms with Gasteiger partial charge in [0, 0.05) is 11.3 Å². The van der Waals surface area contributed by atoms with Crippen molar-refractivity contribution in [2.45, 2.75) is 31.2 Å². The van der Waals surface area contributed by atoms with Gasteiger partial charge in [0.15, 0.2) is 5.01 Å². The molecule has 0 aliphatic rings. The van der Waals surface area contributed by atoms with Gasteiger partial charge in [0.2, 0.25) is 10.0 Å². The van der Waals surface area contributed by atoms with E-state index in [-0.39, 0.29) is 5.41 Å². The van der Waals surface area contributed by atoms with Crippen LogP contribution >= 0.6 is 15.9 Å². The van der Waals surface area contributed by atoms with E-state index >= 15 is 0 Å². The first kappa shape index (κ1) is 20.6. The number of hydrogen-bond donors (Lipinski definition) is 1. The van der Waals surface area contributed by atoms with Crippen LogP contribution in [0.2, 0.25) is 0 Å². The Balaban J connectivity index is 2.24. The zero-order valence-corrected chi connectivity index (χ0v) is 17.9. The number of methoxy groups -OCH3 is 1. The number of halogens is 1. The van der Waals surface area contributed by atoms with E-state index in [2.05, 4.69) is 41.4 Å². The molecule has 1 N–H and O–H groups in total. The van der Waals surface area contributed by atoms with Crippen molar-refractivity contribution in [3.63, 3.8) is 0 Å². The van der Waals surface area contributed by atoms with Crippen LogP contribution in [-0.4, -0.2) is 21.8 Å². The fourth-order valence-corrected chi connectivity index (χ4v) is 3.69. The maximum absolute atomic E-state index is 11.3. The largest absolute Gasteiger partial charge is 0.496 e. The SMILES string of the molecule is COc1c([C@H](Br)Oc2ccc(NS(C)(=O)=O)cc2)cccc1C(C)(C)C. The van der Waals surface area contributed by atoms with Crippen LogP contribution in [0.5, 0.6) is 11.5 Å². The highest BCUT2D eigenvalue weighted by molar-refractivity contribution is 9.09. The lowest BCUT2D eigenvalue weighted by Gasteiger charge is -2.25. The topological polar surface area (TPSA) is 64.6 Å². The van der Waals surface area contributed by atoms with E-state index in [4.69, 9.17) is 9.47 Å². The molecule has 5 nitrogen and oxygen atoms in total. The van der Waals surface area contributed by atoms with Gasteiger partial charge in [-0.25, -0.2) is 8.42 Å². The summed E-state index contributed by atoms with van der Waals surface area (Å²) in [6, 6.07) is 12.7. The Morgan fingerprint density at radius 1 is 1.08 bits per heavy atom. The van der Waals surface area contributed by atoms with E-state index in [0.29, 0.717) is 11.4 Å². The summed E-state index contributed by atoms with van der Waals surface area (Å²) in [6.45, 7) is 6.39. The zero-order chi connectivity index (χ0) is 19.5. The number of alkyl halides is 1. The van der Waals surface area contributed by atoms with Crippen molar-refractivity contribution in [2.24, 2.45) is 0 Å². The molecular formula is C19H24BrNO4S. The van der Waals surface area contributed by atoms with Gasteiger partial charge in [-0.15, -0.1) is 0 Å². The Morgan fingerprint density at radius 2 is 1.69 bits per heavy atom. The van der Waals surface area contributed by atoms with Gasteiger partial charge in [-0.1, -0.05) is 39.0 Å². The molecule has 0 unspecified atom stereocenters. The predicted octanol–water partition coefficient (Wildman–Crippen LogP) is 4.84. The number of sulfonamides is 1. The summed E-state index contributed by atoms with van der Waals surface area (Å²) in [5.41, 5.74) is 2.40. The third kappa shape index (κ3) is 5.38. The Hall–Kier alpha value is -1.73. The molecule has 0 radical (unpaired) electrons. The van der Waals surface area contributed by atoms with Crippen molar-refractivity contribution >= 4 is 31.6 Å². The molecule has 0 aliphatic heterocycles. The highest BCUT2D eigenvalue weighted by atomic mass is 79.9. The number of rotatable bonds is 6. The molecule has 2 aromatic carbocycles. The predicted molar refractivity (Wildman–Crippen MR) is 109 cm³/mol. The molecule has 26 heavy (non-hydrogen) atoms. The Morgan fingerprint density at radius 3 is 2.19 bits per heavy atom. The number of benzene rings is 2. The van der Waals surface area contributed by atoms with Gasteiger partial charge in [-0.3, -0.25) is 4.72 Å². The average molecular weight is 442 g/mol. The average Bonchev–Trinajstić information content (AvgIpc) is 2.53. The smallest absolute Gasteiger partial charge is 0.229 e. The monoisotopic (exact) mass is 441 g/mol. The molecule has 0 heterocycles. The Kier molecular flexibility index (Phi) is 6.24. The van der Waals surface area contributed by atoms with Crippen LogP contribution in [-0.2, 0) is 15.4 Å². The van der Waals surface area contributed by atoms with Crippen molar-refractivity contribution < 1.29 is 17.9 Å². The van der Waals surface area contributed by atoms with Crippen LogP contribution in [0.4, 0.5) is 5.69 Å². The molecule has 0 saturated carbocycles. The Bertz CT molecular complexity index is 858. The molecular weight excluding hydrogens is 418 g/mol. The van der Waals surface area contributed by atoms with Gasteiger partial charge in [0.1, 0.15) is 11.5 Å². The molecule has 2 rings (SSSR count). The number of nitrogens with one attached hydrogen (secondary N) is 1. The molecule has 0 aliphatic carbocycles. The van der Waals surface area contributed by atoms with Gasteiger partial charge >= 0.3 is 0 Å². The number of anilines is 1. The third-order valence-electron chi connectivity index (χ3n) is 3.70. The van der Waals surface area contributed by atoms with Crippen molar-refractivity contribution in [2.75, 3.05) is 18.1 Å². The van der Waals surface area contributed by atoms with Crippen LogP contribution in [0.15, 0.2) is 42.5 Å². The highest BCUT2D eigenvalue weighted by Crippen LogP contribution is 2.40. The summed E-state index contributed by atoms with van der Waals surface area (Å²) < 4.78 is 36.6. The molecule has 0 fully saturated rings. The second kappa shape index (κ2) is 7.88. The minimum atomic E-state index is -3.30. The molecule has 0 aromatic heterocycles. The molecule has 1 atom stereocenters. The van der Waals surface area contributed by atoms with Gasteiger partial charge in [0.25, 0.3) is 0 Å². The standard InChI is InChI=1S/C19H24BrNO4S/c1-19(2,3)16-8-6-7-15(17(16)24-4)18(20)25-14-11-9-13(10-12-14)21-26(5,22)23/h6-12,18,21H,1-5H3/t18-/m1/s1. The molecule has 142 valence electrons. The summed E-state index contributed by atoms with van der Waals surface area (Å²) in [7, 11) is -1.65. The van der Waals surface area contributed by atoms with Crippen molar-refractivity contribution in [3.05, 3.63) is 53.6 Å². The fourth-order valence-electron chi connectivity index (χ4n) is 2.55. The first-order chi connectivity index (χ1) is 12.0. The molecule has 0 saturated heterocycles. The summed E-state index contributed by atoms with van der Waals surface area (Å²) >= 11 is 3.57. The van der Waals surface area contributed by atoms with Crippen LogP contribution in [0.25, 0.3) is 0 Å². The van der Waals surface area contributed by atoms with Crippen LogP contribution < -0.4 is 14.2 Å². The second-order valence-electron chi connectivity index (χ2n) is 7.01. The lowest BCUT2D eigenvalue weighted by molar-refractivity contribution is 0.291. The minimum absolute atomic E-state index is 0.0625. The third-order valence-corrected chi connectivity index (χ3v) is 4.99. The second-order valence-corrected chi connectivity index (χ2v) is 9.59. The maximum Gasteiger partial charge on any atom is 0.229 e. The minimum Gasteiger partial charge on any atom is -0.496 e. The molecule has 0 bridgehead atoms. The lowest BCUT2D eigenvalue weighted by atomic mass is 9.85. The molecule has 2 aromatic rings. The summed E-state index contributed by atoms with van der Waals surface area (Å²) in [5.74, 6) is 1.39. The summed E-state index contributed by atoms with van der Waals surface area (Å²) in [6.07, 6.45) is 1.11. The van der Waals surface area contributed by atoms with E-state index < -0.39 is 15.0 Å². The molecule has 7 heteroatoms. The highest BCUT2D eigenvalue weighted by Gasteiger charge is 2.24. The van der Waals surface area contributed by atoms with Gasteiger partial charge in [-0.2, -0.15) is 0 Å². The van der Waals surface area contributed by atoms with Crippen LogP contribution in [0.1, 0.15) is 36.9 Å². The van der Waals surface area contributed by atoms with E-state index in [9.17, 15) is 8.42 Å². The van der Waals surface area contributed by atoms with E-state index in [1.165, 1.54) is 0 Å².